The van der Waals surface area contributed by atoms with Crippen LogP contribution in [0.3, 0.4) is 0 Å². The monoisotopic (exact) mass is 178 g/mol. The molecule has 0 atom stereocenters. The number of nitrogens with two attached hydrogens (primary N) is 1. The average Bonchev–Trinajstić information content (AvgIpc) is 2.08. The van der Waals surface area contributed by atoms with Gasteiger partial charge in [0.15, 0.2) is 0 Å². The molecule has 0 unspecified atom stereocenters. The van der Waals surface area contributed by atoms with Crippen molar-refractivity contribution < 1.29 is 0 Å². The van der Waals surface area contributed by atoms with E-state index in [4.69, 9.17) is 11.0 Å². The number of rotatable bonds is 2. The number of nitrogens with zero attached hydrogens (tertiary/aromatic N) is 1. The van der Waals surface area contributed by atoms with Crippen molar-refractivity contribution in [2.45, 2.75) is 11.8 Å². The molecule has 0 aliphatic heterocycles. The van der Waals surface area contributed by atoms with E-state index in [1.807, 2.05) is 25.1 Å². The molecule has 1 aromatic rings. The van der Waals surface area contributed by atoms with E-state index in [0.717, 1.165) is 16.1 Å². The van der Waals surface area contributed by atoms with Crippen LogP contribution in [-0.2, 0) is 0 Å². The predicted molar refractivity (Wildman–Crippen MR) is 51.9 cm³/mol. The number of hydrogen-bond acceptors (Lipinski definition) is 3. The zero-order valence-corrected chi connectivity index (χ0v) is 7.69. The Morgan fingerprint density at radius 2 is 2.33 bits per heavy atom. The molecule has 0 saturated carbocycles. The Morgan fingerprint density at radius 3 is 3.00 bits per heavy atom. The minimum atomic E-state index is 0.476. The van der Waals surface area contributed by atoms with Gasteiger partial charge in [-0.15, -0.1) is 11.8 Å². The summed E-state index contributed by atoms with van der Waals surface area (Å²) in [5, 5.41) is 8.39. The van der Waals surface area contributed by atoms with Crippen molar-refractivity contribution in [3.63, 3.8) is 0 Å². The summed E-state index contributed by atoms with van der Waals surface area (Å²) in [6, 6.07) is 7.84. The van der Waals surface area contributed by atoms with Crippen LogP contribution in [0.4, 0.5) is 5.69 Å². The van der Waals surface area contributed by atoms with Gasteiger partial charge in [0.2, 0.25) is 0 Å². The molecule has 62 valence electrons. The van der Waals surface area contributed by atoms with Crippen LogP contribution in [0.25, 0.3) is 0 Å². The van der Waals surface area contributed by atoms with E-state index in [-0.39, 0.29) is 0 Å². The molecule has 0 aromatic heterocycles. The first-order chi connectivity index (χ1) is 5.75. The molecular weight excluding hydrogens is 168 g/mol. The maximum absolute atomic E-state index is 8.39. The number of anilines is 1. The molecule has 0 fully saturated rings. The summed E-state index contributed by atoms with van der Waals surface area (Å²) >= 11 is 1.52. The summed E-state index contributed by atoms with van der Waals surface area (Å²) in [6.45, 7) is 1.97. The number of thioether (sulfide) groups is 1. The van der Waals surface area contributed by atoms with Crippen LogP contribution >= 0.6 is 11.8 Å². The Kier molecular flexibility index (Phi) is 3.01. The number of benzene rings is 1. The maximum atomic E-state index is 8.39. The van der Waals surface area contributed by atoms with Gasteiger partial charge in [-0.25, -0.2) is 0 Å². The van der Waals surface area contributed by atoms with Crippen molar-refractivity contribution in [3.05, 3.63) is 23.8 Å². The van der Waals surface area contributed by atoms with Crippen molar-refractivity contribution in [1.82, 2.24) is 0 Å². The van der Waals surface area contributed by atoms with E-state index in [2.05, 4.69) is 6.07 Å². The van der Waals surface area contributed by atoms with Gasteiger partial charge in [-0.2, -0.15) is 5.26 Å². The lowest BCUT2D eigenvalue weighted by atomic mass is 10.2. The van der Waals surface area contributed by atoms with Gasteiger partial charge in [0.1, 0.15) is 0 Å². The molecular formula is C9H10N2S. The Hall–Kier alpha value is -1.14. The fraction of sp³-hybridized carbons (Fsp3) is 0.222. The zero-order valence-electron chi connectivity index (χ0n) is 6.87. The molecule has 0 radical (unpaired) electrons. The third kappa shape index (κ3) is 1.93. The third-order valence-electron chi connectivity index (χ3n) is 1.62. The van der Waals surface area contributed by atoms with Crippen molar-refractivity contribution >= 4 is 17.4 Å². The highest BCUT2D eigenvalue weighted by Gasteiger charge is 2.00. The first kappa shape index (κ1) is 8.95. The maximum Gasteiger partial charge on any atom is 0.0855 e. The van der Waals surface area contributed by atoms with Gasteiger partial charge in [0.25, 0.3) is 0 Å². The molecule has 3 heteroatoms. The second-order valence-electron chi connectivity index (χ2n) is 2.42. The normalized spacial score (nSPS) is 9.33. The Morgan fingerprint density at radius 1 is 1.58 bits per heavy atom. The van der Waals surface area contributed by atoms with E-state index < -0.39 is 0 Å². The molecule has 0 saturated heterocycles. The summed E-state index contributed by atoms with van der Waals surface area (Å²) in [4.78, 5) is 1.09. The van der Waals surface area contributed by atoms with Gasteiger partial charge in [0.05, 0.1) is 11.8 Å². The number of nitrogen functional groups attached to an aromatic ring is 1. The van der Waals surface area contributed by atoms with Gasteiger partial charge in [-0.1, -0.05) is 6.07 Å². The minimum absolute atomic E-state index is 0.476. The first-order valence-corrected chi connectivity index (χ1v) is 4.59. The molecule has 0 amide bonds. The molecule has 12 heavy (non-hydrogen) atoms. The summed E-state index contributed by atoms with van der Waals surface area (Å²) in [5.74, 6) is 0.476. The largest absolute Gasteiger partial charge is 0.398 e. The first-order valence-electron chi connectivity index (χ1n) is 3.60. The smallest absolute Gasteiger partial charge is 0.0855 e. The van der Waals surface area contributed by atoms with Crippen LogP contribution in [0, 0.1) is 18.3 Å². The van der Waals surface area contributed by atoms with E-state index in [9.17, 15) is 0 Å². The molecule has 0 aliphatic carbocycles. The summed E-state index contributed by atoms with van der Waals surface area (Å²) < 4.78 is 0. The summed E-state index contributed by atoms with van der Waals surface area (Å²) in [5.41, 5.74) is 7.55. The molecule has 1 aromatic carbocycles. The highest BCUT2D eigenvalue weighted by Crippen LogP contribution is 2.25. The lowest BCUT2D eigenvalue weighted by Crippen LogP contribution is -1.90. The molecule has 0 heterocycles. The summed E-state index contributed by atoms with van der Waals surface area (Å²) in [7, 11) is 0. The lowest BCUT2D eigenvalue weighted by Gasteiger charge is -2.04. The highest BCUT2D eigenvalue weighted by molar-refractivity contribution is 7.99. The number of nitriles is 1. The van der Waals surface area contributed by atoms with Crippen LogP contribution in [0.15, 0.2) is 23.1 Å². The van der Waals surface area contributed by atoms with Gasteiger partial charge in [-0.3, -0.25) is 0 Å². The minimum Gasteiger partial charge on any atom is -0.398 e. The van der Waals surface area contributed by atoms with Crippen LogP contribution in [-0.4, -0.2) is 5.75 Å². The molecule has 0 aliphatic rings. The van der Waals surface area contributed by atoms with E-state index in [1.54, 1.807) is 0 Å². The van der Waals surface area contributed by atoms with Crippen LogP contribution < -0.4 is 5.73 Å². The van der Waals surface area contributed by atoms with Gasteiger partial charge in [-0.05, 0) is 24.6 Å². The van der Waals surface area contributed by atoms with Gasteiger partial charge < -0.3 is 5.73 Å². The molecule has 0 bridgehead atoms. The Labute approximate surface area is 76.4 Å². The van der Waals surface area contributed by atoms with E-state index in [0.29, 0.717) is 5.75 Å². The fourth-order valence-electron chi connectivity index (χ4n) is 0.898. The highest BCUT2D eigenvalue weighted by atomic mass is 32.2. The Bertz CT molecular complexity index is 315. The Balaban J connectivity index is 2.86. The standard InChI is InChI=1S/C9H10N2S/c1-7-8(11)3-2-4-9(7)12-6-5-10/h2-4H,6,11H2,1H3. The molecule has 1 rings (SSSR count). The second kappa shape index (κ2) is 4.03. The summed E-state index contributed by atoms with van der Waals surface area (Å²) in [6.07, 6.45) is 0. The van der Waals surface area contributed by atoms with Crippen LogP contribution in [0.1, 0.15) is 5.56 Å². The van der Waals surface area contributed by atoms with Crippen molar-refractivity contribution in [2.75, 3.05) is 11.5 Å². The SMILES string of the molecule is Cc1c(N)cccc1SCC#N. The van der Waals surface area contributed by atoms with E-state index in [1.165, 1.54) is 11.8 Å². The predicted octanol–water partition coefficient (Wildman–Crippen LogP) is 2.19. The van der Waals surface area contributed by atoms with Crippen molar-refractivity contribution in [2.24, 2.45) is 0 Å². The fourth-order valence-corrected chi connectivity index (χ4v) is 1.63. The van der Waals surface area contributed by atoms with Crippen molar-refractivity contribution in [1.29, 1.82) is 5.26 Å². The quantitative estimate of drug-likeness (QED) is 0.558. The molecule has 2 nitrogen and oxygen atoms in total. The zero-order chi connectivity index (χ0) is 8.97. The average molecular weight is 178 g/mol. The molecule has 2 N–H and O–H groups in total. The van der Waals surface area contributed by atoms with Gasteiger partial charge in [0, 0.05) is 10.6 Å². The van der Waals surface area contributed by atoms with Gasteiger partial charge >= 0.3 is 0 Å². The second-order valence-corrected chi connectivity index (χ2v) is 3.43. The number of hydrogen-bond donors (Lipinski definition) is 1. The van der Waals surface area contributed by atoms with E-state index >= 15 is 0 Å². The third-order valence-corrected chi connectivity index (χ3v) is 2.64. The van der Waals surface area contributed by atoms with Crippen LogP contribution in [0.5, 0.6) is 0 Å². The molecule has 0 spiro atoms. The lowest BCUT2D eigenvalue weighted by molar-refractivity contribution is 1.31. The van der Waals surface area contributed by atoms with Crippen LogP contribution in [0.2, 0.25) is 0 Å². The van der Waals surface area contributed by atoms with Crippen molar-refractivity contribution in [3.8, 4) is 6.07 Å². The topological polar surface area (TPSA) is 49.8 Å².